The van der Waals surface area contributed by atoms with E-state index in [1.165, 1.54) is 0 Å². The van der Waals surface area contributed by atoms with E-state index in [-0.39, 0.29) is 17.6 Å². The van der Waals surface area contributed by atoms with Gasteiger partial charge in [0, 0.05) is 23.0 Å². The quantitative estimate of drug-likeness (QED) is 0.547. The first-order chi connectivity index (χ1) is 13.6. The Bertz CT molecular complexity index is 1130. The minimum atomic E-state index is -0.329. The lowest BCUT2D eigenvalue weighted by molar-refractivity contribution is 0.0995. The Labute approximate surface area is 161 Å². The number of amides is 2. The van der Waals surface area contributed by atoms with Crippen LogP contribution in [0, 0.1) is 6.92 Å². The predicted molar refractivity (Wildman–Crippen MR) is 108 cm³/mol. The minimum Gasteiger partial charge on any atom is -0.451 e. The third-order valence-electron chi connectivity index (χ3n) is 4.28. The van der Waals surface area contributed by atoms with Crippen LogP contribution in [-0.4, -0.2) is 16.8 Å². The van der Waals surface area contributed by atoms with Gasteiger partial charge in [-0.15, -0.1) is 0 Å². The molecule has 138 valence electrons. The molecule has 0 aliphatic heterocycles. The van der Waals surface area contributed by atoms with Crippen molar-refractivity contribution in [2.75, 3.05) is 10.6 Å². The Hall–Kier alpha value is -3.93. The molecular formula is C22H17N3O3. The second-order valence-corrected chi connectivity index (χ2v) is 6.30. The second kappa shape index (κ2) is 7.36. The van der Waals surface area contributed by atoms with Crippen LogP contribution in [0.3, 0.4) is 0 Å². The number of benzene rings is 2. The number of fused-ring (bicyclic) bond motifs is 1. The van der Waals surface area contributed by atoms with Gasteiger partial charge in [-0.3, -0.25) is 14.6 Å². The number of aromatic nitrogens is 1. The van der Waals surface area contributed by atoms with Gasteiger partial charge in [-0.2, -0.15) is 0 Å². The molecule has 0 spiro atoms. The molecule has 0 radical (unpaired) electrons. The summed E-state index contributed by atoms with van der Waals surface area (Å²) in [7, 11) is 0. The maximum Gasteiger partial charge on any atom is 0.291 e. The first-order valence-corrected chi connectivity index (χ1v) is 8.73. The van der Waals surface area contributed by atoms with Crippen LogP contribution in [0.15, 0.2) is 77.3 Å². The minimum absolute atomic E-state index is 0.244. The summed E-state index contributed by atoms with van der Waals surface area (Å²) >= 11 is 0. The van der Waals surface area contributed by atoms with Crippen molar-refractivity contribution in [2.45, 2.75) is 6.92 Å². The van der Waals surface area contributed by atoms with Gasteiger partial charge in [0.25, 0.3) is 11.8 Å². The normalized spacial score (nSPS) is 10.6. The van der Waals surface area contributed by atoms with E-state index in [2.05, 4.69) is 15.6 Å². The van der Waals surface area contributed by atoms with Gasteiger partial charge in [0.1, 0.15) is 11.3 Å². The highest BCUT2D eigenvalue weighted by Crippen LogP contribution is 2.23. The molecule has 2 aromatic carbocycles. The number of rotatable bonds is 4. The van der Waals surface area contributed by atoms with E-state index < -0.39 is 0 Å². The van der Waals surface area contributed by atoms with Gasteiger partial charge in [0.05, 0.1) is 0 Å². The molecule has 6 heteroatoms. The molecule has 0 aliphatic carbocycles. The fourth-order valence-corrected chi connectivity index (χ4v) is 2.85. The average molecular weight is 371 g/mol. The Morgan fingerprint density at radius 3 is 2.46 bits per heavy atom. The monoisotopic (exact) mass is 371 g/mol. The SMILES string of the molecule is Cc1cc(NC(=O)c2ccccn2)ccc1NC(=O)c1cc2ccccc2o1. The van der Waals surface area contributed by atoms with Gasteiger partial charge in [-0.05, 0) is 55.0 Å². The van der Waals surface area contributed by atoms with Crippen molar-refractivity contribution in [3.63, 3.8) is 0 Å². The van der Waals surface area contributed by atoms with E-state index in [1.807, 2.05) is 31.2 Å². The molecule has 2 heterocycles. The number of nitrogens with zero attached hydrogens (tertiary/aromatic N) is 1. The van der Waals surface area contributed by atoms with Crippen LogP contribution in [-0.2, 0) is 0 Å². The van der Waals surface area contributed by atoms with Gasteiger partial charge in [-0.25, -0.2) is 0 Å². The summed E-state index contributed by atoms with van der Waals surface area (Å²) in [6, 6.07) is 19.6. The van der Waals surface area contributed by atoms with Crippen molar-refractivity contribution in [1.82, 2.24) is 4.98 Å². The van der Waals surface area contributed by atoms with Crippen molar-refractivity contribution in [2.24, 2.45) is 0 Å². The van der Waals surface area contributed by atoms with Crippen LogP contribution in [0.25, 0.3) is 11.0 Å². The number of para-hydroxylation sites is 1. The number of hydrogen-bond acceptors (Lipinski definition) is 4. The standard InChI is InChI=1S/C22H17N3O3/c1-14-12-16(24-21(26)18-7-4-5-11-23-18)9-10-17(14)25-22(27)20-13-15-6-2-3-8-19(15)28-20/h2-13H,1H3,(H,24,26)(H,25,27). The van der Waals surface area contributed by atoms with Crippen LogP contribution in [0.2, 0.25) is 0 Å². The molecule has 2 aromatic heterocycles. The summed E-state index contributed by atoms with van der Waals surface area (Å²) in [6.45, 7) is 1.85. The molecule has 0 saturated heterocycles. The lowest BCUT2D eigenvalue weighted by Crippen LogP contribution is -2.14. The van der Waals surface area contributed by atoms with E-state index >= 15 is 0 Å². The summed E-state index contributed by atoms with van der Waals surface area (Å²) in [4.78, 5) is 28.7. The van der Waals surface area contributed by atoms with E-state index in [1.54, 1.807) is 48.7 Å². The molecule has 4 aromatic rings. The van der Waals surface area contributed by atoms with E-state index in [9.17, 15) is 9.59 Å². The highest BCUT2D eigenvalue weighted by molar-refractivity contribution is 6.06. The Morgan fingerprint density at radius 2 is 1.71 bits per heavy atom. The van der Waals surface area contributed by atoms with Gasteiger partial charge < -0.3 is 15.1 Å². The van der Waals surface area contributed by atoms with Crippen LogP contribution >= 0.6 is 0 Å². The van der Waals surface area contributed by atoms with Gasteiger partial charge in [-0.1, -0.05) is 24.3 Å². The third-order valence-corrected chi connectivity index (χ3v) is 4.28. The molecule has 6 nitrogen and oxygen atoms in total. The van der Waals surface area contributed by atoms with Crippen LogP contribution in [0.4, 0.5) is 11.4 Å². The number of furan rings is 1. The summed E-state index contributed by atoms with van der Waals surface area (Å²) in [5, 5.41) is 6.51. The summed E-state index contributed by atoms with van der Waals surface area (Å²) in [6.07, 6.45) is 1.57. The zero-order chi connectivity index (χ0) is 19.5. The average Bonchev–Trinajstić information content (AvgIpc) is 3.15. The molecule has 28 heavy (non-hydrogen) atoms. The molecule has 0 aliphatic rings. The summed E-state index contributed by atoms with van der Waals surface area (Å²) < 4.78 is 5.59. The first kappa shape index (κ1) is 17.5. The van der Waals surface area contributed by atoms with Crippen molar-refractivity contribution in [3.8, 4) is 0 Å². The van der Waals surface area contributed by atoms with E-state index in [0.29, 0.717) is 22.7 Å². The third kappa shape index (κ3) is 3.61. The van der Waals surface area contributed by atoms with E-state index in [4.69, 9.17) is 4.42 Å². The fourth-order valence-electron chi connectivity index (χ4n) is 2.85. The number of anilines is 2. The van der Waals surface area contributed by atoms with Crippen molar-refractivity contribution >= 4 is 34.2 Å². The van der Waals surface area contributed by atoms with Gasteiger partial charge in [0.2, 0.25) is 0 Å². The molecule has 0 saturated carbocycles. The molecule has 0 fully saturated rings. The lowest BCUT2D eigenvalue weighted by Gasteiger charge is -2.10. The molecule has 2 N–H and O–H groups in total. The van der Waals surface area contributed by atoms with Crippen molar-refractivity contribution in [1.29, 1.82) is 0 Å². The van der Waals surface area contributed by atoms with Crippen molar-refractivity contribution < 1.29 is 14.0 Å². The maximum atomic E-state index is 12.5. The summed E-state index contributed by atoms with van der Waals surface area (Å²) in [5.41, 5.74) is 3.07. The Morgan fingerprint density at radius 1 is 0.893 bits per heavy atom. The molecule has 2 amide bonds. The predicted octanol–water partition coefficient (Wildman–Crippen LogP) is 4.64. The number of pyridine rings is 1. The first-order valence-electron chi connectivity index (χ1n) is 8.73. The highest BCUT2D eigenvalue weighted by atomic mass is 16.3. The van der Waals surface area contributed by atoms with Crippen molar-refractivity contribution in [3.05, 3.63) is 89.9 Å². The maximum absolute atomic E-state index is 12.5. The lowest BCUT2D eigenvalue weighted by atomic mass is 10.1. The zero-order valence-electron chi connectivity index (χ0n) is 15.1. The largest absolute Gasteiger partial charge is 0.451 e. The van der Waals surface area contributed by atoms with Gasteiger partial charge >= 0.3 is 0 Å². The zero-order valence-corrected chi connectivity index (χ0v) is 15.1. The molecule has 0 atom stereocenters. The number of carbonyl (C=O) groups is 2. The van der Waals surface area contributed by atoms with Gasteiger partial charge in [0.15, 0.2) is 5.76 Å². The number of carbonyl (C=O) groups excluding carboxylic acids is 2. The van der Waals surface area contributed by atoms with Crippen LogP contribution in [0.5, 0.6) is 0 Å². The smallest absolute Gasteiger partial charge is 0.291 e. The van der Waals surface area contributed by atoms with Crippen LogP contribution in [0.1, 0.15) is 26.6 Å². The fraction of sp³-hybridized carbons (Fsp3) is 0.0455. The topological polar surface area (TPSA) is 84.2 Å². The van der Waals surface area contributed by atoms with Crippen LogP contribution < -0.4 is 10.6 Å². The highest BCUT2D eigenvalue weighted by Gasteiger charge is 2.14. The Kier molecular flexibility index (Phi) is 4.60. The summed E-state index contributed by atoms with van der Waals surface area (Å²) in [5.74, 6) is -0.378. The van der Waals surface area contributed by atoms with E-state index in [0.717, 1.165) is 10.9 Å². The molecule has 0 unspecified atom stereocenters. The second-order valence-electron chi connectivity index (χ2n) is 6.30. The number of hydrogen-bond donors (Lipinski definition) is 2. The number of nitrogens with one attached hydrogen (secondary N) is 2. The Balaban J connectivity index is 1.48. The molecular weight excluding hydrogens is 354 g/mol. The molecule has 4 rings (SSSR count). The number of aryl methyl sites for hydroxylation is 1. The molecule has 0 bridgehead atoms.